The van der Waals surface area contributed by atoms with Gasteiger partial charge in [0.05, 0.1) is 12.5 Å². The van der Waals surface area contributed by atoms with Gasteiger partial charge in [-0.1, -0.05) is 6.92 Å². The van der Waals surface area contributed by atoms with E-state index in [0.29, 0.717) is 18.0 Å². The van der Waals surface area contributed by atoms with Crippen LogP contribution in [0.25, 0.3) is 0 Å². The number of carboxylic acid groups (broad SMARTS) is 2. The fourth-order valence-electron chi connectivity index (χ4n) is 1.89. The first-order valence-electron chi connectivity index (χ1n) is 6.82. The van der Waals surface area contributed by atoms with E-state index in [1.807, 2.05) is 6.92 Å². The average Bonchev–Trinajstić information content (AvgIpc) is 2.45. The van der Waals surface area contributed by atoms with Gasteiger partial charge in [0.15, 0.2) is 0 Å². The van der Waals surface area contributed by atoms with Crippen molar-refractivity contribution < 1.29 is 24.5 Å². The van der Waals surface area contributed by atoms with Crippen LogP contribution in [0.4, 0.5) is 5.69 Å². The van der Waals surface area contributed by atoms with E-state index in [-0.39, 0.29) is 6.54 Å². The Morgan fingerprint density at radius 1 is 1.14 bits per heavy atom. The van der Waals surface area contributed by atoms with Gasteiger partial charge in [0.2, 0.25) is 0 Å². The van der Waals surface area contributed by atoms with E-state index >= 15 is 0 Å². The zero-order valence-electron chi connectivity index (χ0n) is 12.4. The molecule has 1 aromatic rings. The van der Waals surface area contributed by atoms with Crippen molar-refractivity contribution in [3.05, 3.63) is 24.3 Å². The molecular formula is C15H21NO5. The van der Waals surface area contributed by atoms with Crippen LogP contribution in [0.1, 0.15) is 20.8 Å². The van der Waals surface area contributed by atoms with Crippen LogP contribution >= 0.6 is 0 Å². The van der Waals surface area contributed by atoms with E-state index in [2.05, 4.69) is 0 Å². The Hall–Kier alpha value is -2.24. The van der Waals surface area contributed by atoms with Crippen LogP contribution in [0.5, 0.6) is 5.75 Å². The standard InChI is InChI=1S/C15H21NO5/c1-4-21-13-7-5-12(6-8-13)16(11(3)15(19)20)9-10(2)14(17)18/h5-8,10-11H,4,9H2,1-3H3,(H,17,18)(H,19,20). The van der Waals surface area contributed by atoms with Crippen LogP contribution in [0, 0.1) is 5.92 Å². The van der Waals surface area contributed by atoms with E-state index < -0.39 is 23.9 Å². The molecule has 21 heavy (non-hydrogen) atoms. The average molecular weight is 295 g/mol. The fourth-order valence-corrected chi connectivity index (χ4v) is 1.89. The topological polar surface area (TPSA) is 87.1 Å². The molecule has 0 radical (unpaired) electrons. The van der Waals surface area contributed by atoms with Crippen molar-refractivity contribution in [1.29, 1.82) is 0 Å². The highest BCUT2D eigenvalue weighted by Crippen LogP contribution is 2.22. The second-order valence-corrected chi connectivity index (χ2v) is 4.83. The molecule has 2 unspecified atom stereocenters. The van der Waals surface area contributed by atoms with Crippen LogP contribution in [-0.4, -0.2) is 41.3 Å². The highest BCUT2D eigenvalue weighted by Gasteiger charge is 2.25. The van der Waals surface area contributed by atoms with Gasteiger partial charge in [-0.15, -0.1) is 0 Å². The molecule has 0 amide bonds. The van der Waals surface area contributed by atoms with E-state index in [1.165, 1.54) is 6.92 Å². The van der Waals surface area contributed by atoms with Crippen LogP contribution in [0.3, 0.4) is 0 Å². The molecule has 2 N–H and O–H groups in total. The summed E-state index contributed by atoms with van der Waals surface area (Å²) >= 11 is 0. The minimum Gasteiger partial charge on any atom is -0.494 e. The molecule has 0 aliphatic heterocycles. The number of nitrogens with zero attached hydrogens (tertiary/aromatic N) is 1. The summed E-state index contributed by atoms with van der Waals surface area (Å²) in [7, 11) is 0. The monoisotopic (exact) mass is 295 g/mol. The SMILES string of the molecule is CCOc1ccc(N(CC(C)C(=O)O)C(C)C(=O)O)cc1. The highest BCUT2D eigenvalue weighted by molar-refractivity contribution is 5.78. The first-order chi connectivity index (χ1) is 9.86. The zero-order chi connectivity index (χ0) is 16.0. The summed E-state index contributed by atoms with van der Waals surface area (Å²) in [5, 5.41) is 18.2. The summed E-state index contributed by atoms with van der Waals surface area (Å²) in [6.45, 7) is 5.63. The van der Waals surface area contributed by atoms with Crippen LogP contribution in [0.2, 0.25) is 0 Å². The van der Waals surface area contributed by atoms with Gasteiger partial charge in [-0.2, -0.15) is 0 Å². The van der Waals surface area contributed by atoms with Crippen LogP contribution in [0.15, 0.2) is 24.3 Å². The summed E-state index contributed by atoms with van der Waals surface area (Å²) < 4.78 is 5.34. The molecule has 1 aromatic carbocycles. The lowest BCUT2D eigenvalue weighted by atomic mass is 10.1. The number of aliphatic carboxylic acids is 2. The molecule has 0 bridgehead atoms. The normalized spacial score (nSPS) is 13.3. The Balaban J connectivity index is 2.99. The van der Waals surface area contributed by atoms with E-state index in [0.717, 1.165) is 0 Å². The van der Waals surface area contributed by atoms with E-state index in [4.69, 9.17) is 9.84 Å². The maximum absolute atomic E-state index is 11.2. The lowest BCUT2D eigenvalue weighted by Crippen LogP contribution is -2.43. The number of benzene rings is 1. The molecule has 0 heterocycles. The number of anilines is 1. The van der Waals surface area contributed by atoms with Crippen molar-refractivity contribution in [3.63, 3.8) is 0 Å². The van der Waals surface area contributed by atoms with Crippen molar-refractivity contribution in [2.24, 2.45) is 5.92 Å². The smallest absolute Gasteiger partial charge is 0.326 e. The summed E-state index contributed by atoms with van der Waals surface area (Å²) in [5.74, 6) is -1.93. The first kappa shape index (κ1) is 16.8. The number of carboxylic acids is 2. The third-order valence-corrected chi connectivity index (χ3v) is 3.20. The number of rotatable bonds is 8. The second kappa shape index (κ2) is 7.52. The molecule has 0 saturated carbocycles. The molecule has 0 aromatic heterocycles. The maximum Gasteiger partial charge on any atom is 0.326 e. The molecule has 0 aliphatic carbocycles. The van der Waals surface area contributed by atoms with Crippen LogP contribution in [-0.2, 0) is 9.59 Å². The lowest BCUT2D eigenvalue weighted by Gasteiger charge is -2.30. The van der Waals surface area contributed by atoms with Crippen molar-refractivity contribution >= 4 is 17.6 Å². The molecule has 6 nitrogen and oxygen atoms in total. The quantitative estimate of drug-likeness (QED) is 0.763. The molecule has 116 valence electrons. The van der Waals surface area contributed by atoms with Crippen molar-refractivity contribution in [1.82, 2.24) is 0 Å². The Morgan fingerprint density at radius 2 is 1.71 bits per heavy atom. The van der Waals surface area contributed by atoms with Gasteiger partial charge in [-0.3, -0.25) is 4.79 Å². The highest BCUT2D eigenvalue weighted by atomic mass is 16.5. The van der Waals surface area contributed by atoms with E-state index in [1.54, 1.807) is 36.1 Å². The van der Waals surface area contributed by atoms with Gasteiger partial charge in [-0.25, -0.2) is 4.79 Å². The minimum absolute atomic E-state index is 0.122. The molecule has 2 atom stereocenters. The van der Waals surface area contributed by atoms with Gasteiger partial charge >= 0.3 is 11.9 Å². The Labute approximate surface area is 124 Å². The predicted octanol–water partition coefficient (Wildman–Crippen LogP) is 2.09. The Bertz CT molecular complexity index is 485. The largest absolute Gasteiger partial charge is 0.494 e. The minimum atomic E-state index is -0.999. The Morgan fingerprint density at radius 3 is 2.14 bits per heavy atom. The van der Waals surface area contributed by atoms with Gasteiger partial charge < -0.3 is 19.8 Å². The zero-order valence-corrected chi connectivity index (χ0v) is 12.4. The van der Waals surface area contributed by atoms with Gasteiger partial charge in [-0.05, 0) is 38.1 Å². The summed E-state index contributed by atoms with van der Waals surface area (Å²) in [6, 6.07) is 6.14. The predicted molar refractivity (Wildman–Crippen MR) is 78.9 cm³/mol. The molecular weight excluding hydrogens is 274 g/mol. The maximum atomic E-state index is 11.2. The van der Waals surface area contributed by atoms with Gasteiger partial charge in [0.1, 0.15) is 11.8 Å². The Kier molecular flexibility index (Phi) is 6.02. The third kappa shape index (κ3) is 4.66. The van der Waals surface area contributed by atoms with Crippen LogP contribution < -0.4 is 9.64 Å². The molecule has 6 heteroatoms. The number of hydrogen-bond acceptors (Lipinski definition) is 4. The summed E-state index contributed by atoms with van der Waals surface area (Å²) in [6.07, 6.45) is 0. The third-order valence-electron chi connectivity index (χ3n) is 3.20. The lowest BCUT2D eigenvalue weighted by molar-refractivity contribution is -0.142. The molecule has 1 rings (SSSR count). The van der Waals surface area contributed by atoms with Crippen molar-refractivity contribution in [3.8, 4) is 5.75 Å². The number of hydrogen-bond donors (Lipinski definition) is 2. The molecule has 0 fully saturated rings. The van der Waals surface area contributed by atoms with Crippen molar-refractivity contribution in [2.75, 3.05) is 18.1 Å². The van der Waals surface area contributed by atoms with Gasteiger partial charge in [0, 0.05) is 12.2 Å². The second-order valence-electron chi connectivity index (χ2n) is 4.83. The van der Waals surface area contributed by atoms with E-state index in [9.17, 15) is 14.7 Å². The first-order valence-corrected chi connectivity index (χ1v) is 6.82. The molecule has 0 spiro atoms. The molecule has 0 aliphatic rings. The summed E-state index contributed by atoms with van der Waals surface area (Å²) in [4.78, 5) is 23.8. The van der Waals surface area contributed by atoms with Gasteiger partial charge in [0.25, 0.3) is 0 Å². The van der Waals surface area contributed by atoms with Crippen molar-refractivity contribution in [2.45, 2.75) is 26.8 Å². The summed E-state index contributed by atoms with van der Waals surface area (Å²) in [5.41, 5.74) is 0.654. The number of ether oxygens (including phenoxy) is 1. The fraction of sp³-hybridized carbons (Fsp3) is 0.467. The molecule has 0 saturated heterocycles. The number of carbonyl (C=O) groups is 2.